The van der Waals surface area contributed by atoms with Crippen molar-refractivity contribution in [3.8, 4) is 0 Å². The Balaban J connectivity index is 1.82. The molecule has 1 heterocycles. The quantitative estimate of drug-likeness (QED) is 0.541. The summed E-state index contributed by atoms with van der Waals surface area (Å²) < 4.78 is 0. The van der Waals surface area contributed by atoms with Gasteiger partial charge >= 0.3 is 0 Å². The van der Waals surface area contributed by atoms with Crippen LogP contribution in [0, 0.1) is 0 Å². The van der Waals surface area contributed by atoms with Crippen molar-refractivity contribution in [2.75, 3.05) is 5.32 Å². The van der Waals surface area contributed by atoms with Crippen LogP contribution in [0.2, 0.25) is 5.02 Å². The number of amides is 1. The fraction of sp³-hybridized carbons (Fsp3) is 0. The third-order valence-electron chi connectivity index (χ3n) is 3.74. The number of rotatable bonds is 2. The molecular formula is C19H12ClN3O. The van der Waals surface area contributed by atoms with Crippen molar-refractivity contribution in [1.82, 2.24) is 9.97 Å². The van der Waals surface area contributed by atoms with E-state index in [-0.39, 0.29) is 5.91 Å². The van der Waals surface area contributed by atoms with E-state index < -0.39 is 0 Å². The van der Waals surface area contributed by atoms with E-state index >= 15 is 0 Å². The van der Waals surface area contributed by atoms with E-state index in [1.807, 2.05) is 42.5 Å². The van der Waals surface area contributed by atoms with Crippen molar-refractivity contribution < 1.29 is 4.79 Å². The van der Waals surface area contributed by atoms with Gasteiger partial charge < -0.3 is 5.32 Å². The molecule has 24 heavy (non-hydrogen) atoms. The lowest BCUT2D eigenvalue weighted by Gasteiger charge is -2.09. The van der Waals surface area contributed by atoms with Crippen LogP contribution >= 0.6 is 11.6 Å². The Morgan fingerprint density at radius 1 is 0.792 bits per heavy atom. The number of aromatic nitrogens is 2. The normalized spacial score (nSPS) is 10.9. The second kappa shape index (κ2) is 5.91. The summed E-state index contributed by atoms with van der Waals surface area (Å²) in [6, 6.07) is 20.1. The Morgan fingerprint density at radius 3 is 2.25 bits per heavy atom. The number of fused-ring (bicyclic) bond motifs is 2. The number of carbonyl (C=O) groups excluding carboxylic acids is 1. The standard InChI is InChI=1S/C19H12ClN3O/c20-13-7-1-2-8-14(13)23-19(24)12-6-5-11-17-18(12)22-16-10-4-3-9-15(16)21-17/h1-11H,(H,23,24). The van der Waals surface area contributed by atoms with Crippen LogP contribution in [0.1, 0.15) is 10.4 Å². The van der Waals surface area contributed by atoms with E-state index in [0.29, 0.717) is 27.3 Å². The van der Waals surface area contributed by atoms with Gasteiger partial charge in [0.25, 0.3) is 5.91 Å². The molecule has 4 aromatic rings. The fourth-order valence-corrected chi connectivity index (χ4v) is 2.76. The van der Waals surface area contributed by atoms with E-state index in [2.05, 4.69) is 15.3 Å². The number of para-hydroxylation sites is 4. The van der Waals surface area contributed by atoms with Gasteiger partial charge in [-0.15, -0.1) is 0 Å². The van der Waals surface area contributed by atoms with Gasteiger partial charge in [0.15, 0.2) is 0 Å². The van der Waals surface area contributed by atoms with E-state index in [4.69, 9.17) is 11.6 Å². The molecule has 0 aliphatic carbocycles. The smallest absolute Gasteiger partial charge is 0.257 e. The fourth-order valence-electron chi connectivity index (χ4n) is 2.58. The van der Waals surface area contributed by atoms with Crippen molar-refractivity contribution in [2.24, 2.45) is 0 Å². The summed E-state index contributed by atoms with van der Waals surface area (Å²) in [5.41, 5.74) is 3.83. The lowest BCUT2D eigenvalue weighted by molar-refractivity contribution is 0.102. The second-order valence-corrected chi connectivity index (χ2v) is 5.73. The Morgan fingerprint density at radius 2 is 1.46 bits per heavy atom. The number of halogens is 1. The zero-order chi connectivity index (χ0) is 16.5. The molecule has 0 aliphatic heterocycles. The lowest BCUT2D eigenvalue weighted by atomic mass is 10.1. The molecule has 0 bridgehead atoms. The Labute approximate surface area is 143 Å². The Bertz CT molecular complexity index is 1080. The third-order valence-corrected chi connectivity index (χ3v) is 4.07. The monoisotopic (exact) mass is 333 g/mol. The molecule has 0 radical (unpaired) electrons. The molecule has 0 atom stereocenters. The van der Waals surface area contributed by atoms with E-state index in [0.717, 1.165) is 11.0 Å². The minimum Gasteiger partial charge on any atom is -0.321 e. The number of nitrogens with zero attached hydrogens (tertiary/aromatic N) is 2. The molecule has 0 saturated heterocycles. The van der Waals surface area contributed by atoms with Crippen molar-refractivity contribution >= 4 is 45.3 Å². The number of nitrogens with one attached hydrogen (secondary N) is 1. The maximum atomic E-state index is 12.7. The summed E-state index contributed by atoms with van der Waals surface area (Å²) in [7, 11) is 0. The topological polar surface area (TPSA) is 54.9 Å². The van der Waals surface area contributed by atoms with Crippen LogP contribution in [-0.4, -0.2) is 15.9 Å². The summed E-state index contributed by atoms with van der Waals surface area (Å²) in [5, 5.41) is 3.32. The maximum absolute atomic E-state index is 12.7. The van der Waals surface area contributed by atoms with E-state index in [1.54, 1.807) is 24.3 Å². The summed E-state index contributed by atoms with van der Waals surface area (Å²) in [4.78, 5) is 21.9. The average molecular weight is 334 g/mol. The SMILES string of the molecule is O=C(Nc1ccccc1Cl)c1cccc2nc3ccccc3nc12. The molecule has 4 nitrogen and oxygen atoms in total. The Hall–Kier alpha value is -2.98. The molecule has 0 fully saturated rings. The molecule has 3 aromatic carbocycles. The van der Waals surface area contributed by atoms with Crippen LogP contribution in [0.15, 0.2) is 66.7 Å². The van der Waals surface area contributed by atoms with Gasteiger partial charge in [0.2, 0.25) is 0 Å². The molecule has 5 heteroatoms. The highest BCUT2D eigenvalue weighted by Gasteiger charge is 2.14. The zero-order valence-corrected chi connectivity index (χ0v) is 13.3. The molecule has 1 aromatic heterocycles. The zero-order valence-electron chi connectivity index (χ0n) is 12.5. The molecule has 0 unspecified atom stereocenters. The van der Waals surface area contributed by atoms with Crippen LogP contribution in [-0.2, 0) is 0 Å². The van der Waals surface area contributed by atoms with Gasteiger partial charge in [-0.1, -0.05) is 41.9 Å². The average Bonchev–Trinajstić information content (AvgIpc) is 2.61. The first kappa shape index (κ1) is 14.6. The molecule has 1 amide bonds. The van der Waals surface area contributed by atoms with Crippen LogP contribution in [0.5, 0.6) is 0 Å². The highest BCUT2D eigenvalue weighted by atomic mass is 35.5. The van der Waals surface area contributed by atoms with Crippen molar-refractivity contribution in [3.63, 3.8) is 0 Å². The largest absolute Gasteiger partial charge is 0.321 e. The minimum absolute atomic E-state index is 0.265. The molecule has 0 spiro atoms. The van der Waals surface area contributed by atoms with Crippen molar-refractivity contribution in [2.45, 2.75) is 0 Å². The molecule has 116 valence electrons. The van der Waals surface area contributed by atoms with Crippen LogP contribution in [0.4, 0.5) is 5.69 Å². The third kappa shape index (κ3) is 2.57. The van der Waals surface area contributed by atoms with Gasteiger partial charge in [-0.25, -0.2) is 9.97 Å². The van der Waals surface area contributed by atoms with Gasteiger partial charge in [-0.2, -0.15) is 0 Å². The highest BCUT2D eigenvalue weighted by molar-refractivity contribution is 6.34. The van der Waals surface area contributed by atoms with Gasteiger partial charge in [0.1, 0.15) is 5.52 Å². The minimum atomic E-state index is -0.265. The number of benzene rings is 3. The van der Waals surface area contributed by atoms with Crippen LogP contribution in [0.3, 0.4) is 0 Å². The number of anilines is 1. The lowest BCUT2D eigenvalue weighted by Crippen LogP contribution is -2.13. The molecule has 1 N–H and O–H groups in total. The summed E-state index contributed by atoms with van der Waals surface area (Å²) >= 11 is 6.11. The summed E-state index contributed by atoms with van der Waals surface area (Å²) in [6.45, 7) is 0. The maximum Gasteiger partial charge on any atom is 0.257 e. The number of carbonyl (C=O) groups is 1. The predicted molar refractivity (Wildman–Crippen MR) is 96.4 cm³/mol. The van der Waals surface area contributed by atoms with Gasteiger partial charge in [0.05, 0.1) is 32.8 Å². The van der Waals surface area contributed by atoms with Gasteiger partial charge in [0, 0.05) is 0 Å². The first-order chi connectivity index (χ1) is 11.7. The summed E-state index contributed by atoms with van der Waals surface area (Å²) in [6.07, 6.45) is 0. The van der Waals surface area contributed by atoms with Gasteiger partial charge in [-0.05, 0) is 36.4 Å². The molecule has 0 aliphatic rings. The second-order valence-electron chi connectivity index (χ2n) is 5.32. The van der Waals surface area contributed by atoms with Crippen molar-refractivity contribution in [3.05, 3.63) is 77.3 Å². The first-order valence-electron chi connectivity index (χ1n) is 7.44. The Kier molecular flexibility index (Phi) is 3.59. The molecule has 4 rings (SSSR count). The van der Waals surface area contributed by atoms with Gasteiger partial charge in [-0.3, -0.25) is 4.79 Å². The predicted octanol–water partition coefficient (Wildman–Crippen LogP) is 4.69. The molecule has 0 saturated carbocycles. The van der Waals surface area contributed by atoms with Crippen molar-refractivity contribution in [1.29, 1.82) is 0 Å². The van der Waals surface area contributed by atoms with E-state index in [1.165, 1.54) is 0 Å². The van der Waals surface area contributed by atoms with E-state index in [9.17, 15) is 4.79 Å². The summed E-state index contributed by atoms with van der Waals surface area (Å²) in [5.74, 6) is -0.265. The first-order valence-corrected chi connectivity index (χ1v) is 7.81. The molecular weight excluding hydrogens is 322 g/mol. The highest BCUT2D eigenvalue weighted by Crippen LogP contribution is 2.23. The van der Waals surface area contributed by atoms with Crippen LogP contribution in [0.25, 0.3) is 22.1 Å². The number of hydrogen-bond donors (Lipinski definition) is 1. The number of hydrogen-bond acceptors (Lipinski definition) is 3. The van der Waals surface area contributed by atoms with Crippen LogP contribution < -0.4 is 5.32 Å².